The van der Waals surface area contributed by atoms with Crippen LogP contribution in [-0.2, 0) is 6.42 Å². The molecule has 4 nitrogen and oxygen atoms in total. The van der Waals surface area contributed by atoms with Crippen LogP contribution in [0.3, 0.4) is 0 Å². The molecule has 2 aliphatic heterocycles. The fourth-order valence-corrected chi connectivity index (χ4v) is 5.84. The lowest BCUT2D eigenvalue weighted by molar-refractivity contribution is 0.0667. The third-order valence-electron chi connectivity index (χ3n) is 8.04. The molecule has 2 aliphatic rings. The first-order valence-corrected chi connectivity index (χ1v) is 13.2. The lowest BCUT2D eigenvalue weighted by atomic mass is 9.87. The highest BCUT2D eigenvalue weighted by molar-refractivity contribution is 5.85. The summed E-state index contributed by atoms with van der Waals surface area (Å²) in [5.74, 6) is -1.38. The molecule has 0 aliphatic carbocycles. The molecule has 0 radical (unpaired) electrons. The first-order chi connectivity index (χ1) is 17.9. The molecule has 5 rings (SSSR count). The van der Waals surface area contributed by atoms with Crippen LogP contribution in [0.1, 0.15) is 43.1 Å². The van der Waals surface area contributed by atoms with Gasteiger partial charge in [-0.1, -0.05) is 25.1 Å². The van der Waals surface area contributed by atoms with Gasteiger partial charge in [0, 0.05) is 72.4 Å². The van der Waals surface area contributed by atoms with E-state index in [0.717, 1.165) is 22.2 Å². The Labute approximate surface area is 215 Å². The quantitative estimate of drug-likeness (QED) is 0.332. The summed E-state index contributed by atoms with van der Waals surface area (Å²) in [7, 11) is 0. The highest BCUT2D eigenvalue weighted by Gasteiger charge is 2.39. The molecule has 0 bridgehead atoms. The summed E-state index contributed by atoms with van der Waals surface area (Å²) in [6.07, 6.45) is 1.36. The standard InChI is InChI=1S/C29H35F4N3O/c1-3-19(13-30)17-36-18(2)10-23-22-6-4-5-7-26(22)34-28(23)29(36)27-24(32)11-21(12-25(27)33)37-9-8-35-15-20(14-31)16-35/h4-7,11-12,18-20,29,34H,3,8-10,13-17H2,1-2H3/t18-,19+,29-/m1/s1. The van der Waals surface area contributed by atoms with Gasteiger partial charge < -0.3 is 9.72 Å². The second-order valence-corrected chi connectivity index (χ2v) is 10.6. The molecule has 0 amide bonds. The van der Waals surface area contributed by atoms with Crippen LogP contribution in [0.25, 0.3) is 10.9 Å². The normalized spacial score (nSPS) is 21.7. The van der Waals surface area contributed by atoms with Crippen molar-refractivity contribution in [2.75, 3.05) is 46.1 Å². The predicted octanol–water partition coefficient (Wildman–Crippen LogP) is 6.06. The molecule has 0 saturated carbocycles. The lowest BCUT2D eigenvalue weighted by Gasteiger charge is -2.42. The Morgan fingerprint density at radius 1 is 1.11 bits per heavy atom. The van der Waals surface area contributed by atoms with Crippen molar-refractivity contribution in [2.24, 2.45) is 11.8 Å². The molecule has 200 valence electrons. The van der Waals surface area contributed by atoms with Gasteiger partial charge in [-0.25, -0.2) is 8.78 Å². The van der Waals surface area contributed by atoms with Gasteiger partial charge in [-0.3, -0.25) is 18.6 Å². The minimum absolute atomic E-state index is 0.0308. The number of likely N-dealkylation sites (tertiary alicyclic amines) is 1. The largest absolute Gasteiger partial charge is 0.492 e. The van der Waals surface area contributed by atoms with Crippen molar-refractivity contribution in [1.29, 1.82) is 0 Å². The monoisotopic (exact) mass is 517 g/mol. The number of para-hydroxylation sites is 1. The second kappa shape index (κ2) is 11.0. The molecule has 8 heteroatoms. The summed E-state index contributed by atoms with van der Waals surface area (Å²) in [6, 6.07) is 9.63. The smallest absolute Gasteiger partial charge is 0.135 e. The van der Waals surface area contributed by atoms with Crippen LogP contribution in [-0.4, -0.2) is 67.0 Å². The third-order valence-corrected chi connectivity index (χ3v) is 8.04. The van der Waals surface area contributed by atoms with Gasteiger partial charge in [0.15, 0.2) is 0 Å². The predicted molar refractivity (Wildman–Crippen MR) is 138 cm³/mol. The number of halogens is 4. The van der Waals surface area contributed by atoms with Crippen molar-refractivity contribution in [1.82, 2.24) is 14.8 Å². The maximum Gasteiger partial charge on any atom is 0.135 e. The van der Waals surface area contributed by atoms with E-state index >= 15 is 8.78 Å². The van der Waals surface area contributed by atoms with Crippen LogP contribution < -0.4 is 4.74 Å². The number of alkyl halides is 2. The average Bonchev–Trinajstić information content (AvgIpc) is 3.22. The van der Waals surface area contributed by atoms with E-state index in [1.165, 1.54) is 12.1 Å². The maximum atomic E-state index is 15.7. The summed E-state index contributed by atoms with van der Waals surface area (Å²) < 4.78 is 63.5. The molecule has 37 heavy (non-hydrogen) atoms. The van der Waals surface area contributed by atoms with Crippen molar-refractivity contribution in [3.05, 3.63) is 64.9 Å². The number of hydrogen-bond donors (Lipinski definition) is 1. The lowest BCUT2D eigenvalue weighted by Crippen LogP contribution is -2.49. The van der Waals surface area contributed by atoms with E-state index in [1.807, 2.05) is 43.0 Å². The minimum Gasteiger partial charge on any atom is -0.492 e. The molecular formula is C29H35F4N3O. The highest BCUT2D eigenvalue weighted by atomic mass is 19.1. The fourth-order valence-electron chi connectivity index (χ4n) is 5.84. The average molecular weight is 518 g/mol. The zero-order valence-corrected chi connectivity index (χ0v) is 21.5. The van der Waals surface area contributed by atoms with Gasteiger partial charge in [-0.05, 0) is 37.3 Å². The number of fused-ring (bicyclic) bond motifs is 3. The van der Waals surface area contributed by atoms with Crippen LogP contribution in [0, 0.1) is 23.5 Å². The number of nitrogens with zero attached hydrogens (tertiary/aromatic N) is 2. The Morgan fingerprint density at radius 2 is 1.84 bits per heavy atom. The van der Waals surface area contributed by atoms with Gasteiger partial charge in [-0.15, -0.1) is 0 Å². The van der Waals surface area contributed by atoms with Gasteiger partial charge >= 0.3 is 0 Å². The van der Waals surface area contributed by atoms with E-state index in [0.29, 0.717) is 39.0 Å². The molecule has 3 atom stereocenters. The third kappa shape index (κ3) is 5.10. The minimum atomic E-state index is -0.709. The first-order valence-electron chi connectivity index (χ1n) is 13.2. The van der Waals surface area contributed by atoms with Crippen LogP contribution in [0.4, 0.5) is 17.6 Å². The van der Waals surface area contributed by atoms with Crippen LogP contribution in [0.5, 0.6) is 5.75 Å². The number of H-pyrrole nitrogens is 1. The second-order valence-electron chi connectivity index (χ2n) is 10.6. The number of ether oxygens (including phenoxy) is 1. The fraction of sp³-hybridized carbons (Fsp3) is 0.517. The maximum absolute atomic E-state index is 15.7. The van der Waals surface area contributed by atoms with E-state index in [4.69, 9.17) is 4.74 Å². The summed E-state index contributed by atoms with van der Waals surface area (Å²) in [5.41, 5.74) is 2.69. The van der Waals surface area contributed by atoms with E-state index in [-0.39, 0.29) is 42.5 Å². The van der Waals surface area contributed by atoms with Crippen LogP contribution >= 0.6 is 0 Å². The van der Waals surface area contributed by atoms with E-state index < -0.39 is 24.4 Å². The highest BCUT2D eigenvalue weighted by Crippen LogP contribution is 2.43. The Balaban J connectivity index is 1.46. The molecule has 3 aromatic rings. The van der Waals surface area contributed by atoms with Gasteiger partial charge in [0.25, 0.3) is 0 Å². The summed E-state index contributed by atoms with van der Waals surface area (Å²) >= 11 is 0. The van der Waals surface area contributed by atoms with Gasteiger partial charge in [-0.2, -0.15) is 0 Å². The van der Waals surface area contributed by atoms with Crippen molar-refractivity contribution in [3.8, 4) is 5.75 Å². The van der Waals surface area contributed by atoms with E-state index in [2.05, 4.69) is 9.88 Å². The molecule has 0 unspecified atom stereocenters. The van der Waals surface area contributed by atoms with Crippen molar-refractivity contribution in [3.63, 3.8) is 0 Å². The van der Waals surface area contributed by atoms with Crippen LogP contribution in [0.2, 0.25) is 0 Å². The van der Waals surface area contributed by atoms with Crippen molar-refractivity contribution < 1.29 is 22.3 Å². The number of hydrogen-bond acceptors (Lipinski definition) is 3. The van der Waals surface area contributed by atoms with Crippen LogP contribution in [0.15, 0.2) is 36.4 Å². The Bertz CT molecular complexity index is 1200. The van der Waals surface area contributed by atoms with E-state index in [1.54, 1.807) is 0 Å². The van der Waals surface area contributed by atoms with Gasteiger partial charge in [0.05, 0.1) is 19.4 Å². The molecule has 1 N–H and O–H groups in total. The SMILES string of the molecule is CC[C@@H](CF)CN1[C@H](c2c(F)cc(OCCN3CC(CF)C3)cc2F)c2[nH]c3ccccc3c2C[C@H]1C. The van der Waals surface area contributed by atoms with Crippen molar-refractivity contribution in [2.45, 2.75) is 38.8 Å². The molecule has 1 aromatic heterocycles. The summed E-state index contributed by atoms with van der Waals surface area (Å²) in [4.78, 5) is 7.52. The number of rotatable bonds is 10. The molecule has 3 heterocycles. The topological polar surface area (TPSA) is 31.5 Å². The Hall–Kier alpha value is -2.58. The van der Waals surface area contributed by atoms with Gasteiger partial charge in [0.2, 0.25) is 0 Å². The van der Waals surface area contributed by atoms with E-state index in [9.17, 15) is 8.78 Å². The summed E-state index contributed by atoms with van der Waals surface area (Å²) in [6.45, 7) is 5.79. The molecule has 0 spiro atoms. The zero-order valence-electron chi connectivity index (χ0n) is 21.5. The van der Waals surface area contributed by atoms with Gasteiger partial charge in [0.1, 0.15) is 24.0 Å². The number of benzene rings is 2. The zero-order chi connectivity index (χ0) is 26.1. The Morgan fingerprint density at radius 3 is 2.51 bits per heavy atom. The number of nitrogens with one attached hydrogen (secondary N) is 1. The molecule has 1 saturated heterocycles. The summed E-state index contributed by atoms with van der Waals surface area (Å²) in [5, 5.41) is 1.05. The number of aromatic nitrogens is 1. The molecule has 1 fully saturated rings. The molecule has 2 aromatic carbocycles. The molecular weight excluding hydrogens is 482 g/mol. The van der Waals surface area contributed by atoms with Crippen molar-refractivity contribution >= 4 is 10.9 Å². The number of aromatic amines is 1. The Kier molecular flexibility index (Phi) is 7.77. The first kappa shape index (κ1) is 26.0.